The first-order valence-electron chi connectivity index (χ1n) is 8.20. The largest absolute Gasteiger partial charge is 0.418 e. The molecule has 0 saturated carbocycles. The van der Waals surface area contributed by atoms with Crippen LogP contribution in [0.1, 0.15) is 21.7 Å². The summed E-state index contributed by atoms with van der Waals surface area (Å²) in [4.78, 5) is 11.8. The van der Waals surface area contributed by atoms with Crippen molar-refractivity contribution in [3.8, 4) is 0 Å². The summed E-state index contributed by atoms with van der Waals surface area (Å²) >= 11 is 5.85. The van der Waals surface area contributed by atoms with Crippen LogP contribution in [0.3, 0.4) is 0 Å². The van der Waals surface area contributed by atoms with Gasteiger partial charge in [0.25, 0.3) is 15.9 Å². The molecule has 0 aliphatic heterocycles. The number of aryl methyl sites for hydroxylation is 1. The fourth-order valence-corrected chi connectivity index (χ4v) is 4.12. The van der Waals surface area contributed by atoms with Gasteiger partial charge in [-0.05, 0) is 37.3 Å². The number of anilines is 2. The number of nitrogens with zero attached hydrogens (tertiary/aromatic N) is 1. The van der Waals surface area contributed by atoms with Crippen molar-refractivity contribution in [3.05, 3.63) is 70.6 Å². The zero-order valence-corrected chi connectivity index (χ0v) is 16.7. The van der Waals surface area contributed by atoms with Crippen molar-refractivity contribution in [2.75, 3.05) is 10.0 Å². The Labute approximate surface area is 173 Å². The number of nitrogens with one attached hydrogen (secondary N) is 2. The van der Waals surface area contributed by atoms with Gasteiger partial charge in [-0.1, -0.05) is 28.9 Å². The molecular weight excluding hydrogens is 447 g/mol. The van der Waals surface area contributed by atoms with Gasteiger partial charge in [-0.3, -0.25) is 9.52 Å². The smallest absolute Gasteiger partial charge is 0.361 e. The molecule has 12 heteroatoms. The van der Waals surface area contributed by atoms with Gasteiger partial charge in [0, 0.05) is 5.69 Å². The lowest BCUT2D eigenvalue weighted by molar-refractivity contribution is -0.136. The Kier molecular flexibility index (Phi) is 5.77. The van der Waals surface area contributed by atoms with E-state index in [4.69, 9.17) is 16.1 Å². The number of halogens is 4. The van der Waals surface area contributed by atoms with Crippen molar-refractivity contribution in [1.29, 1.82) is 0 Å². The number of rotatable bonds is 5. The van der Waals surface area contributed by atoms with Crippen LogP contribution in [0.4, 0.5) is 24.5 Å². The topological polar surface area (TPSA) is 101 Å². The standard InChI is InChI=1S/C18H13ClF3N3O4S/c1-10-12(9-23-29-10)17(26)24-11-6-7-15(13(8-11)18(20,21)22)25-30(27,28)16-5-3-2-4-14(16)19/h2-9,25H,1H3,(H,24,26). The Morgan fingerprint density at radius 1 is 1.17 bits per heavy atom. The molecule has 0 bridgehead atoms. The van der Waals surface area contributed by atoms with E-state index < -0.39 is 33.4 Å². The van der Waals surface area contributed by atoms with Gasteiger partial charge in [0.2, 0.25) is 0 Å². The Bertz CT molecular complexity index is 1210. The number of carbonyl (C=O) groups excluding carboxylic acids is 1. The maximum atomic E-state index is 13.6. The summed E-state index contributed by atoms with van der Waals surface area (Å²) < 4.78 is 72.3. The van der Waals surface area contributed by atoms with E-state index in [0.29, 0.717) is 6.07 Å². The van der Waals surface area contributed by atoms with E-state index >= 15 is 0 Å². The number of alkyl halides is 3. The fraction of sp³-hybridized carbons (Fsp3) is 0.111. The normalized spacial score (nSPS) is 11.9. The van der Waals surface area contributed by atoms with Crippen LogP contribution < -0.4 is 10.0 Å². The summed E-state index contributed by atoms with van der Waals surface area (Å²) in [7, 11) is -4.39. The predicted octanol–water partition coefficient (Wildman–Crippen LogP) is 4.71. The minimum Gasteiger partial charge on any atom is -0.361 e. The van der Waals surface area contributed by atoms with Gasteiger partial charge in [-0.25, -0.2) is 8.42 Å². The van der Waals surface area contributed by atoms with Gasteiger partial charge in [-0.15, -0.1) is 0 Å². The predicted molar refractivity (Wildman–Crippen MR) is 103 cm³/mol. The second kappa shape index (κ2) is 8.00. The molecule has 7 nitrogen and oxygen atoms in total. The van der Waals surface area contributed by atoms with Crippen LogP contribution in [0, 0.1) is 6.92 Å². The van der Waals surface area contributed by atoms with Crippen LogP contribution in [0.2, 0.25) is 5.02 Å². The molecule has 1 aromatic heterocycles. The lowest BCUT2D eigenvalue weighted by Gasteiger charge is -2.17. The van der Waals surface area contributed by atoms with Crippen LogP contribution >= 0.6 is 11.6 Å². The van der Waals surface area contributed by atoms with Crippen molar-refractivity contribution >= 4 is 38.9 Å². The fourth-order valence-electron chi connectivity index (χ4n) is 2.52. The molecule has 2 N–H and O–H groups in total. The molecule has 0 spiro atoms. The van der Waals surface area contributed by atoms with E-state index in [0.717, 1.165) is 24.4 Å². The van der Waals surface area contributed by atoms with Crippen LogP contribution in [0.25, 0.3) is 0 Å². The molecule has 2 aromatic carbocycles. The van der Waals surface area contributed by atoms with E-state index in [1.165, 1.54) is 25.1 Å². The molecule has 158 valence electrons. The van der Waals surface area contributed by atoms with E-state index in [1.807, 2.05) is 4.72 Å². The monoisotopic (exact) mass is 459 g/mol. The number of sulfonamides is 1. The van der Waals surface area contributed by atoms with Gasteiger partial charge in [0.1, 0.15) is 16.2 Å². The van der Waals surface area contributed by atoms with Gasteiger partial charge in [-0.2, -0.15) is 13.2 Å². The molecule has 1 amide bonds. The van der Waals surface area contributed by atoms with Gasteiger partial charge < -0.3 is 9.84 Å². The number of carbonyl (C=O) groups is 1. The lowest BCUT2D eigenvalue weighted by Crippen LogP contribution is -2.18. The van der Waals surface area contributed by atoms with Gasteiger partial charge in [0.15, 0.2) is 0 Å². The molecule has 0 aliphatic carbocycles. The highest BCUT2D eigenvalue weighted by Crippen LogP contribution is 2.38. The number of aromatic nitrogens is 1. The molecule has 0 radical (unpaired) electrons. The number of benzene rings is 2. The second-order valence-electron chi connectivity index (χ2n) is 6.04. The third kappa shape index (κ3) is 4.57. The molecular formula is C18H13ClF3N3O4S. The minimum atomic E-state index is -4.91. The maximum Gasteiger partial charge on any atom is 0.418 e. The van der Waals surface area contributed by atoms with Crippen LogP contribution in [0.5, 0.6) is 0 Å². The first-order valence-corrected chi connectivity index (χ1v) is 10.1. The summed E-state index contributed by atoms with van der Waals surface area (Å²) in [6, 6.07) is 7.96. The average Bonchev–Trinajstić information content (AvgIpc) is 3.08. The van der Waals surface area contributed by atoms with Crippen LogP contribution in [0.15, 0.2) is 58.1 Å². The Balaban J connectivity index is 1.95. The van der Waals surface area contributed by atoms with Crippen molar-refractivity contribution < 1.29 is 30.9 Å². The Hall–Kier alpha value is -3.05. The summed E-state index contributed by atoms with van der Waals surface area (Å²) in [5.41, 5.74) is -2.17. The average molecular weight is 460 g/mol. The zero-order valence-electron chi connectivity index (χ0n) is 15.1. The SMILES string of the molecule is Cc1oncc1C(=O)Nc1ccc(NS(=O)(=O)c2ccccc2Cl)c(C(F)(F)F)c1. The second-order valence-corrected chi connectivity index (χ2v) is 8.10. The molecule has 30 heavy (non-hydrogen) atoms. The third-order valence-electron chi connectivity index (χ3n) is 3.95. The number of amides is 1. The Morgan fingerprint density at radius 3 is 2.47 bits per heavy atom. The van der Waals surface area contributed by atoms with Crippen molar-refractivity contribution in [3.63, 3.8) is 0 Å². The molecule has 0 saturated heterocycles. The highest BCUT2D eigenvalue weighted by molar-refractivity contribution is 7.92. The molecule has 0 atom stereocenters. The van der Waals surface area contributed by atoms with E-state index in [1.54, 1.807) is 0 Å². The summed E-state index contributed by atoms with van der Waals surface area (Å²) in [6.07, 6.45) is -3.78. The van der Waals surface area contributed by atoms with Gasteiger partial charge >= 0.3 is 6.18 Å². The Morgan fingerprint density at radius 2 is 1.87 bits per heavy atom. The maximum absolute atomic E-state index is 13.6. The summed E-state index contributed by atoms with van der Waals surface area (Å²) in [5, 5.41) is 5.57. The van der Waals surface area contributed by atoms with Crippen molar-refractivity contribution in [1.82, 2.24) is 5.16 Å². The van der Waals surface area contributed by atoms with Crippen molar-refractivity contribution in [2.45, 2.75) is 18.0 Å². The van der Waals surface area contributed by atoms with E-state index in [2.05, 4.69) is 10.5 Å². The molecule has 3 rings (SSSR count). The van der Waals surface area contributed by atoms with Crippen molar-refractivity contribution in [2.24, 2.45) is 0 Å². The van der Waals surface area contributed by atoms with E-state index in [-0.39, 0.29) is 26.9 Å². The van der Waals surface area contributed by atoms with Crippen LogP contribution in [-0.4, -0.2) is 19.5 Å². The molecule has 3 aromatic rings. The highest BCUT2D eigenvalue weighted by atomic mass is 35.5. The molecule has 0 aliphatic rings. The lowest BCUT2D eigenvalue weighted by atomic mass is 10.1. The quantitative estimate of drug-likeness (QED) is 0.575. The summed E-state index contributed by atoms with van der Waals surface area (Å²) in [5.74, 6) is -0.543. The first kappa shape index (κ1) is 21.7. The zero-order chi connectivity index (χ0) is 22.1. The molecule has 0 fully saturated rings. The highest BCUT2D eigenvalue weighted by Gasteiger charge is 2.35. The minimum absolute atomic E-state index is 0.0482. The number of hydrogen-bond donors (Lipinski definition) is 2. The third-order valence-corrected chi connectivity index (χ3v) is 5.81. The first-order chi connectivity index (χ1) is 14.0. The van der Waals surface area contributed by atoms with Gasteiger partial charge in [0.05, 0.1) is 22.5 Å². The number of hydrogen-bond acceptors (Lipinski definition) is 5. The van der Waals surface area contributed by atoms with E-state index in [9.17, 15) is 26.4 Å². The molecule has 1 heterocycles. The molecule has 0 unspecified atom stereocenters. The summed E-state index contributed by atoms with van der Waals surface area (Å²) in [6.45, 7) is 1.47. The van der Waals surface area contributed by atoms with Crippen LogP contribution in [-0.2, 0) is 16.2 Å².